The van der Waals surface area contributed by atoms with Crippen LogP contribution in [0.15, 0.2) is 18.5 Å². The summed E-state index contributed by atoms with van der Waals surface area (Å²) in [5, 5.41) is 15.5. The first-order chi connectivity index (χ1) is 8.79. The summed E-state index contributed by atoms with van der Waals surface area (Å²) < 4.78 is 8.59. The van der Waals surface area contributed by atoms with Gasteiger partial charge in [-0.15, -0.1) is 5.10 Å². The lowest BCUT2D eigenvalue weighted by Crippen LogP contribution is -2.21. The van der Waals surface area contributed by atoms with Crippen molar-refractivity contribution >= 4 is 0 Å². The highest BCUT2D eigenvalue weighted by Crippen LogP contribution is 2.02. The summed E-state index contributed by atoms with van der Waals surface area (Å²) in [6, 6.07) is 2.00. The molecule has 2 aromatic rings. The van der Waals surface area contributed by atoms with E-state index in [1.165, 1.54) is 0 Å². The molecule has 0 saturated heterocycles. The number of nitrogens with one attached hydrogen (secondary N) is 1. The number of aromatic nitrogens is 5. The Kier molecular flexibility index (Phi) is 4.43. The van der Waals surface area contributed by atoms with Crippen LogP contribution in [0.2, 0.25) is 0 Å². The van der Waals surface area contributed by atoms with Crippen molar-refractivity contribution in [3.63, 3.8) is 0 Å². The fourth-order valence-corrected chi connectivity index (χ4v) is 1.66. The molecule has 0 spiro atoms. The van der Waals surface area contributed by atoms with Gasteiger partial charge >= 0.3 is 0 Å². The van der Waals surface area contributed by atoms with Gasteiger partial charge in [-0.2, -0.15) is 5.10 Å². The van der Waals surface area contributed by atoms with E-state index in [0.29, 0.717) is 13.2 Å². The first-order valence-electron chi connectivity index (χ1n) is 5.85. The van der Waals surface area contributed by atoms with E-state index in [-0.39, 0.29) is 0 Å². The van der Waals surface area contributed by atoms with Crippen LogP contribution in [-0.2, 0) is 24.9 Å². The van der Waals surface area contributed by atoms with Crippen LogP contribution in [0, 0.1) is 0 Å². The standard InChI is InChI=1S/C11H18N6O/c1-16-8-10(14-15-16)9-17-11(3-4-13-17)7-12-5-6-18-2/h3-4,8,12H,5-7,9H2,1-2H3. The third-order valence-corrected chi connectivity index (χ3v) is 2.56. The predicted molar refractivity (Wildman–Crippen MR) is 65.9 cm³/mol. The summed E-state index contributed by atoms with van der Waals surface area (Å²) in [6.07, 6.45) is 3.69. The normalized spacial score (nSPS) is 11.0. The van der Waals surface area contributed by atoms with Crippen LogP contribution in [0.1, 0.15) is 11.4 Å². The lowest BCUT2D eigenvalue weighted by molar-refractivity contribution is 0.199. The van der Waals surface area contributed by atoms with Gasteiger partial charge < -0.3 is 10.1 Å². The van der Waals surface area contributed by atoms with Crippen LogP contribution < -0.4 is 5.32 Å². The molecule has 2 aromatic heterocycles. The van der Waals surface area contributed by atoms with Gasteiger partial charge in [0.1, 0.15) is 5.69 Å². The maximum Gasteiger partial charge on any atom is 0.104 e. The van der Waals surface area contributed by atoms with Crippen molar-refractivity contribution < 1.29 is 4.74 Å². The van der Waals surface area contributed by atoms with Crippen molar-refractivity contribution in [2.45, 2.75) is 13.1 Å². The van der Waals surface area contributed by atoms with Gasteiger partial charge in [0.15, 0.2) is 0 Å². The molecule has 0 amide bonds. The van der Waals surface area contributed by atoms with E-state index in [4.69, 9.17) is 4.74 Å². The Morgan fingerprint density at radius 3 is 3.06 bits per heavy atom. The molecule has 7 nitrogen and oxygen atoms in total. The lowest BCUT2D eigenvalue weighted by atomic mass is 10.4. The molecule has 0 aliphatic carbocycles. The van der Waals surface area contributed by atoms with Crippen molar-refractivity contribution in [2.24, 2.45) is 7.05 Å². The summed E-state index contributed by atoms with van der Waals surface area (Å²) in [7, 11) is 3.55. The van der Waals surface area contributed by atoms with Crippen LogP contribution in [0.25, 0.3) is 0 Å². The van der Waals surface area contributed by atoms with Crippen LogP contribution in [-0.4, -0.2) is 45.0 Å². The summed E-state index contributed by atoms with van der Waals surface area (Å²) >= 11 is 0. The summed E-state index contributed by atoms with van der Waals surface area (Å²) in [5.74, 6) is 0. The molecule has 0 aliphatic heterocycles. The molecule has 98 valence electrons. The predicted octanol–water partition coefficient (Wildman–Crippen LogP) is -0.204. The molecule has 0 fully saturated rings. The van der Waals surface area contributed by atoms with Gasteiger partial charge in [0, 0.05) is 39.6 Å². The van der Waals surface area contributed by atoms with Crippen LogP contribution in [0.4, 0.5) is 0 Å². The van der Waals surface area contributed by atoms with E-state index in [2.05, 4.69) is 20.7 Å². The van der Waals surface area contributed by atoms with Crippen molar-refractivity contribution in [1.29, 1.82) is 0 Å². The second kappa shape index (κ2) is 6.27. The maximum atomic E-state index is 4.98. The SMILES string of the molecule is COCCNCc1ccnn1Cc1cn(C)nn1. The highest BCUT2D eigenvalue weighted by Gasteiger charge is 2.05. The van der Waals surface area contributed by atoms with E-state index in [0.717, 1.165) is 24.5 Å². The molecule has 0 aromatic carbocycles. The molecule has 7 heteroatoms. The first kappa shape index (κ1) is 12.7. The van der Waals surface area contributed by atoms with E-state index < -0.39 is 0 Å². The highest BCUT2D eigenvalue weighted by atomic mass is 16.5. The Labute approximate surface area is 106 Å². The highest BCUT2D eigenvalue weighted by molar-refractivity contribution is 5.03. The minimum atomic E-state index is 0.641. The number of hydrogen-bond donors (Lipinski definition) is 1. The molecular formula is C11H18N6O. The van der Waals surface area contributed by atoms with E-state index in [1.54, 1.807) is 18.0 Å². The molecule has 0 atom stereocenters. The molecule has 0 aliphatic rings. The average molecular weight is 250 g/mol. The van der Waals surface area contributed by atoms with Crippen molar-refractivity contribution in [1.82, 2.24) is 30.1 Å². The Hall–Kier alpha value is -1.73. The van der Waals surface area contributed by atoms with Crippen LogP contribution in [0.5, 0.6) is 0 Å². The quantitative estimate of drug-likeness (QED) is 0.689. The number of ether oxygens (including phenoxy) is 1. The summed E-state index contributed by atoms with van der Waals surface area (Å²) in [4.78, 5) is 0. The maximum absolute atomic E-state index is 4.98. The van der Waals surface area contributed by atoms with Gasteiger partial charge in [-0.05, 0) is 6.07 Å². The van der Waals surface area contributed by atoms with E-state index in [1.807, 2.05) is 24.0 Å². The molecular weight excluding hydrogens is 232 g/mol. The third kappa shape index (κ3) is 3.38. The molecule has 2 rings (SSSR count). The molecule has 0 unspecified atom stereocenters. The van der Waals surface area contributed by atoms with Gasteiger partial charge in [-0.25, -0.2) is 0 Å². The fraction of sp³-hybridized carbons (Fsp3) is 0.545. The van der Waals surface area contributed by atoms with Gasteiger partial charge in [0.2, 0.25) is 0 Å². The molecule has 0 saturated carbocycles. The minimum absolute atomic E-state index is 0.641. The fourth-order valence-electron chi connectivity index (χ4n) is 1.66. The van der Waals surface area contributed by atoms with Gasteiger partial charge in [-0.3, -0.25) is 9.36 Å². The number of hydrogen-bond acceptors (Lipinski definition) is 5. The van der Waals surface area contributed by atoms with Gasteiger partial charge in [-0.1, -0.05) is 5.21 Å². The van der Waals surface area contributed by atoms with Crippen molar-refractivity contribution in [2.75, 3.05) is 20.3 Å². The monoisotopic (exact) mass is 250 g/mol. The van der Waals surface area contributed by atoms with Crippen LogP contribution >= 0.6 is 0 Å². The Morgan fingerprint density at radius 1 is 1.44 bits per heavy atom. The van der Waals surface area contributed by atoms with Crippen molar-refractivity contribution in [3.8, 4) is 0 Å². The summed E-state index contributed by atoms with van der Waals surface area (Å²) in [6.45, 7) is 2.94. The molecule has 18 heavy (non-hydrogen) atoms. The Morgan fingerprint density at radius 2 is 2.33 bits per heavy atom. The molecule has 0 radical (unpaired) electrons. The van der Waals surface area contributed by atoms with Crippen LogP contribution in [0.3, 0.4) is 0 Å². The zero-order chi connectivity index (χ0) is 12.8. The minimum Gasteiger partial charge on any atom is -0.383 e. The number of methoxy groups -OCH3 is 1. The van der Waals surface area contributed by atoms with E-state index in [9.17, 15) is 0 Å². The third-order valence-electron chi connectivity index (χ3n) is 2.56. The first-order valence-corrected chi connectivity index (χ1v) is 5.85. The molecule has 0 bridgehead atoms. The second-order valence-corrected chi connectivity index (χ2v) is 4.03. The Balaban J connectivity index is 1.91. The largest absolute Gasteiger partial charge is 0.383 e. The number of rotatable bonds is 7. The topological polar surface area (TPSA) is 69.8 Å². The number of nitrogens with zero attached hydrogens (tertiary/aromatic N) is 5. The zero-order valence-electron chi connectivity index (χ0n) is 10.7. The molecule has 2 heterocycles. The van der Waals surface area contributed by atoms with E-state index >= 15 is 0 Å². The van der Waals surface area contributed by atoms with Gasteiger partial charge in [0.05, 0.1) is 18.8 Å². The second-order valence-electron chi connectivity index (χ2n) is 4.03. The summed E-state index contributed by atoms with van der Waals surface area (Å²) in [5.41, 5.74) is 2.02. The average Bonchev–Trinajstić information content (AvgIpc) is 2.95. The zero-order valence-corrected chi connectivity index (χ0v) is 10.7. The molecule has 1 N–H and O–H groups in total. The number of aryl methyl sites for hydroxylation is 1. The smallest absolute Gasteiger partial charge is 0.104 e. The lowest BCUT2D eigenvalue weighted by Gasteiger charge is -2.07. The van der Waals surface area contributed by atoms with Crippen molar-refractivity contribution in [3.05, 3.63) is 29.8 Å². The van der Waals surface area contributed by atoms with Gasteiger partial charge in [0.25, 0.3) is 0 Å². The Bertz CT molecular complexity index is 477.